The molecule has 1 aliphatic heterocycles. The maximum absolute atomic E-state index is 13.3. The molecule has 1 saturated carbocycles. The number of esters is 1. The van der Waals surface area contributed by atoms with Crippen LogP contribution in [0.4, 0.5) is 19.0 Å². The number of hydrogen-bond acceptors (Lipinski definition) is 7. The number of carbonyl (C=O) groups is 1. The zero-order valence-corrected chi connectivity index (χ0v) is 15.7. The first-order valence-electron chi connectivity index (χ1n) is 8.97. The van der Waals surface area contributed by atoms with E-state index < -0.39 is 17.4 Å². The lowest BCUT2D eigenvalue weighted by molar-refractivity contribution is -0.153. The van der Waals surface area contributed by atoms with Crippen LogP contribution in [0.3, 0.4) is 0 Å². The third-order valence-corrected chi connectivity index (χ3v) is 6.12. The standard InChI is InChI=1S/C17H21F3N6O2/c1-8-9(2)13(24-26-12(8)22-23-14(26)17(18,19)20)25-6-10-4-11(21)5-16(10,7-25)15(27)28-3/h10-11H,4-7,21H2,1-3H3/t10-,11+,16-/m0/s1. The van der Waals surface area contributed by atoms with Crippen molar-refractivity contribution in [2.45, 2.75) is 38.9 Å². The molecule has 0 radical (unpaired) electrons. The van der Waals surface area contributed by atoms with Gasteiger partial charge >= 0.3 is 12.1 Å². The van der Waals surface area contributed by atoms with Crippen molar-refractivity contribution in [3.63, 3.8) is 0 Å². The first kappa shape index (κ1) is 18.9. The largest absolute Gasteiger partial charge is 0.469 e. The third-order valence-electron chi connectivity index (χ3n) is 6.12. The van der Waals surface area contributed by atoms with Crippen LogP contribution in [-0.2, 0) is 15.7 Å². The molecule has 11 heteroatoms. The van der Waals surface area contributed by atoms with E-state index in [1.54, 1.807) is 13.8 Å². The zero-order valence-electron chi connectivity index (χ0n) is 15.7. The number of rotatable bonds is 2. The van der Waals surface area contributed by atoms with E-state index in [0.717, 1.165) is 4.52 Å². The minimum absolute atomic E-state index is 0.0323. The molecule has 28 heavy (non-hydrogen) atoms. The molecule has 1 aliphatic carbocycles. The Morgan fingerprint density at radius 2 is 2.00 bits per heavy atom. The van der Waals surface area contributed by atoms with Crippen LogP contribution < -0.4 is 10.6 Å². The Morgan fingerprint density at radius 1 is 1.29 bits per heavy atom. The van der Waals surface area contributed by atoms with Crippen molar-refractivity contribution >= 4 is 17.4 Å². The van der Waals surface area contributed by atoms with Crippen LogP contribution in [-0.4, -0.2) is 52.0 Å². The fraction of sp³-hybridized carbons (Fsp3) is 0.647. The molecule has 152 valence electrons. The molecule has 0 unspecified atom stereocenters. The highest BCUT2D eigenvalue weighted by molar-refractivity contribution is 5.80. The van der Waals surface area contributed by atoms with Gasteiger partial charge in [0.2, 0.25) is 0 Å². The minimum atomic E-state index is -4.67. The summed E-state index contributed by atoms with van der Waals surface area (Å²) in [6, 6.07) is -0.0980. The number of methoxy groups -OCH3 is 1. The molecule has 2 N–H and O–H groups in total. The molecule has 2 fully saturated rings. The van der Waals surface area contributed by atoms with Crippen molar-refractivity contribution in [3.8, 4) is 0 Å². The Balaban J connectivity index is 1.80. The summed E-state index contributed by atoms with van der Waals surface area (Å²) >= 11 is 0. The number of fused-ring (bicyclic) bond motifs is 2. The fourth-order valence-electron chi connectivity index (χ4n) is 4.69. The molecule has 2 aliphatic rings. The highest BCUT2D eigenvalue weighted by Crippen LogP contribution is 2.50. The van der Waals surface area contributed by atoms with Gasteiger partial charge in [0.05, 0.1) is 12.5 Å². The lowest BCUT2D eigenvalue weighted by atomic mass is 9.81. The molecule has 2 aromatic rings. The van der Waals surface area contributed by atoms with E-state index in [2.05, 4.69) is 15.3 Å². The molecule has 4 rings (SSSR count). The topological polar surface area (TPSA) is 98.6 Å². The molecular formula is C17H21F3N6O2. The molecule has 1 saturated heterocycles. The third kappa shape index (κ3) is 2.55. The van der Waals surface area contributed by atoms with Gasteiger partial charge in [0, 0.05) is 30.3 Å². The molecule has 0 amide bonds. The van der Waals surface area contributed by atoms with E-state index in [1.807, 2.05) is 4.90 Å². The van der Waals surface area contributed by atoms with E-state index >= 15 is 0 Å². The van der Waals surface area contributed by atoms with E-state index in [9.17, 15) is 18.0 Å². The Hall–Kier alpha value is -2.43. The SMILES string of the molecule is COC(=O)[C@]12C[C@H](N)C[C@H]1CN(c1nn3c(C(F)(F)F)nnc3c(C)c1C)C2. The van der Waals surface area contributed by atoms with Crippen LogP contribution in [0.25, 0.3) is 5.65 Å². The number of halogens is 3. The van der Waals surface area contributed by atoms with Gasteiger partial charge in [0.1, 0.15) is 0 Å². The lowest BCUT2D eigenvalue weighted by Crippen LogP contribution is -2.38. The summed E-state index contributed by atoms with van der Waals surface area (Å²) in [5.74, 6) is -1.14. The van der Waals surface area contributed by atoms with Gasteiger partial charge < -0.3 is 15.4 Å². The summed E-state index contributed by atoms with van der Waals surface area (Å²) in [6.07, 6.45) is -3.53. The minimum Gasteiger partial charge on any atom is -0.469 e. The summed E-state index contributed by atoms with van der Waals surface area (Å²) in [5, 5.41) is 11.2. The Kier molecular flexibility index (Phi) is 4.07. The van der Waals surface area contributed by atoms with Gasteiger partial charge in [-0.3, -0.25) is 4.79 Å². The molecule has 0 bridgehead atoms. The summed E-state index contributed by atoms with van der Waals surface area (Å²) in [4.78, 5) is 14.4. The predicted molar refractivity (Wildman–Crippen MR) is 92.6 cm³/mol. The summed E-state index contributed by atoms with van der Waals surface area (Å²) in [6.45, 7) is 4.25. The van der Waals surface area contributed by atoms with Crippen LogP contribution in [0.2, 0.25) is 0 Å². The van der Waals surface area contributed by atoms with Crippen molar-refractivity contribution in [2.24, 2.45) is 17.1 Å². The van der Waals surface area contributed by atoms with Crippen molar-refractivity contribution in [3.05, 3.63) is 17.0 Å². The molecule has 3 heterocycles. The summed E-state index contributed by atoms with van der Waals surface area (Å²) in [5.41, 5.74) is 6.66. The Morgan fingerprint density at radius 3 is 2.64 bits per heavy atom. The lowest BCUT2D eigenvalue weighted by Gasteiger charge is -2.27. The van der Waals surface area contributed by atoms with E-state index in [0.29, 0.717) is 42.9 Å². The summed E-state index contributed by atoms with van der Waals surface area (Å²) < 4.78 is 45.6. The molecule has 8 nitrogen and oxygen atoms in total. The van der Waals surface area contributed by atoms with Gasteiger partial charge in [0.25, 0.3) is 5.82 Å². The van der Waals surface area contributed by atoms with Crippen LogP contribution in [0.1, 0.15) is 29.8 Å². The van der Waals surface area contributed by atoms with Gasteiger partial charge in [-0.2, -0.15) is 17.7 Å². The van der Waals surface area contributed by atoms with Gasteiger partial charge in [-0.25, -0.2) is 0 Å². The highest BCUT2D eigenvalue weighted by Gasteiger charge is 2.58. The second-order valence-corrected chi connectivity index (χ2v) is 7.76. The Labute approximate surface area is 158 Å². The maximum Gasteiger partial charge on any atom is 0.453 e. The molecular weight excluding hydrogens is 377 g/mol. The van der Waals surface area contributed by atoms with Gasteiger partial charge in [0.15, 0.2) is 11.5 Å². The number of alkyl halides is 3. The van der Waals surface area contributed by atoms with E-state index in [1.165, 1.54) is 7.11 Å². The molecule has 3 atom stereocenters. The number of aryl methyl sites for hydroxylation is 1. The van der Waals surface area contributed by atoms with Gasteiger partial charge in [-0.1, -0.05) is 0 Å². The average Bonchev–Trinajstić information content (AvgIpc) is 3.26. The van der Waals surface area contributed by atoms with Crippen LogP contribution >= 0.6 is 0 Å². The van der Waals surface area contributed by atoms with Crippen LogP contribution in [0, 0.1) is 25.2 Å². The first-order chi connectivity index (χ1) is 13.1. The number of carbonyl (C=O) groups excluding carboxylic acids is 1. The highest BCUT2D eigenvalue weighted by atomic mass is 19.4. The van der Waals surface area contributed by atoms with Gasteiger partial charge in [-0.15, -0.1) is 15.3 Å². The smallest absolute Gasteiger partial charge is 0.453 e. The number of aromatic nitrogens is 4. The number of hydrogen-bond donors (Lipinski definition) is 1. The van der Waals surface area contributed by atoms with Crippen molar-refractivity contribution in [1.29, 1.82) is 0 Å². The van der Waals surface area contributed by atoms with Crippen molar-refractivity contribution < 1.29 is 22.7 Å². The van der Waals surface area contributed by atoms with Crippen molar-refractivity contribution in [1.82, 2.24) is 19.8 Å². The number of nitrogens with zero attached hydrogens (tertiary/aromatic N) is 5. The van der Waals surface area contributed by atoms with E-state index in [4.69, 9.17) is 10.5 Å². The first-order valence-corrected chi connectivity index (χ1v) is 8.97. The van der Waals surface area contributed by atoms with Crippen LogP contribution in [0.15, 0.2) is 0 Å². The van der Waals surface area contributed by atoms with E-state index in [-0.39, 0.29) is 23.6 Å². The molecule has 0 spiro atoms. The van der Waals surface area contributed by atoms with Crippen molar-refractivity contribution in [2.75, 3.05) is 25.1 Å². The summed E-state index contributed by atoms with van der Waals surface area (Å²) in [7, 11) is 1.34. The number of anilines is 1. The number of ether oxygens (including phenoxy) is 1. The quantitative estimate of drug-likeness (QED) is 0.765. The second kappa shape index (κ2) is 6.03. The average molecular weight is 398 g/mol. The van der Waals surface area contributed by atoms with Crippen LogP contribution in [0.5, 0.6) is 0 Å². The fourth-order valence-corrected chi connectivity index (χ4v) is 4.69. The second-order valence-electron chi connectivity index (χ2n) is 7.76. The Bertz CT molecular complexity index is 958. The van der Waals surface area contributed by atoms with Gasteiger partial charge in [-0.05, 0) is 32.6 Å². The number of nitrogens with two attached hydrogens (primary N) is 1. The normalized spacial score (nSPS) is 27.5. The maximum atomic E-state index is 13.3. The molecule has 0 aromatic carbocycles. The molecule has 2 aromatic heterocycles. The predicted octanol–water partition coefficient (Wildman–Crippen LogP) is 1.48. The monoisotopic (exact) mass is 398 g/mol. The zero-order chi connectivity index (χ0) is 20.4.